The summed E-state index contributed by atoms with van der Waals surface area (Å²) >= 11 is 0. The number of hydrogen-bond acceptors (Lipinski definition) is 4. The van der Waals surface area contributed by atoms with E-state index < -0.39 is 5.97 Å². The first-order valence-corrected chi connectivity index (χ1v) is 7.69. The maximum absolute atomic E-state index is 11.1. The molecule has 126 valence electrons. The highest BCUT2D eigenvalue weighted by molar-refractivity contribution is 5.92. The quantitative estimate of drug-likeness (QED) is 0.757. The van der Waals surface area contributed by atoms with Gasteiger partial charge in [-0.1, -0.05) is 0 Å². The van der Waals surface area contributed by atoms with Gasteiger partial charge in [0.05, 0.1) is 17.2 Å². The topological polar surface area (TPSA) is 95.5 Å². The van der Waals surface area contributed by atoms with Crippen molar-refractivity contribution in [2.45, 2.75) is 20.0 Å². The monoisotopic (exact) mass is 336 g/mol. The lowest BCUT2D eigenvalue weighted by atomic mass is 10.1. The number of carboxylic acids is 1. The molecule has 0 aliphatic heterocycles. The number of aromatic carboxylic acids is 1. The minimum absolute atomic E-state index is 0.00944. The van der Waals surface area contributed by atoms with Crippen LogP contribution in [0.3, 0.4) is 0 Å². The Morgan fingerprint density at radius 3 is 2.60 bits per heavy atom. The Bertz CT molecular complexity index is 1010. The minimum atomic E-state index is -1.20. The van der Waals surface area contributed by atoms with Crippen LogP contribution in [-0.4, -0.2) is 26.9 Å². The molecule has 6 nitrogen and oxygen atoms in total. The van der Waals surface area contributed by atoms with Gasteiger partial charge in [0.25, 0.3) is 0 Å². The highest BCUT2D eigenvalue weighted by Crippen LogP contribution is 2.30. The Kier molecular flexibility index (Phi) is 4.07. The lowest BCUT2D eigenvalue weighted by molar-refractivity contribution is 0.0693. The second kappa shape index (κ2) is 6.21. The molecule has 1 heterocycles. The fourth-order valence-corrected chi connectivity index (χ4v) is 2.71. The first-order valence-electron chi connectivity index (χ1n) is 7.69. The zero-order valence-corrected chi connectivity index (χ0v) is 13.7. The van der Waals surface area contributed by atoms with E-state index >= 15 is 0 Å². The number of hydrogen-bond donors (Lipinski definition) is 2. The molecule has 0 spiro atoms. The fraction of sp³-hybridized carbons (Fsp3) is 0.158. The Balaban J connectivity index is 2.19. The van der Waals surface area contributed by atoms with Gasteiger partial charge in [-0.25, -0.2) is 4.79 Å². The second-order valence-electron chi connectivity index (χ2n) is 5.88. The van der Waals surface area contributed by atoms with E-state index in [1.165, 1.54) is 12.1 Å². The fourth-order valence-electron chi connectivity index (χ4n) is 2.71. The van der Waals surface area contributed by atoms with Crippen LogP contribution in [0.15, 0.2) is 42.6 Å². The summed E-state index contributed by atoms with van der Waals surface area (Å²) in [6, 6.07) is 11.9. The molecule has 0 saturated carbocycles. The molecule has 0 bridgehead atoms. The molecule has 1 aromatic heterocycles. The summed E-state index contributed by atoms with van der Waals surface area (Å²) in [6.45, 7) is 3.85. The Hall–Kier alpha value is -3.46. The number of rotatable bonds is 4. The summed E-state index contributed by atoms with van der Waals surface area (Å²) in [6.07, 6.45) is 1.66. The molecule has 0 fully saturated rings. The van der Waals surface area contributed by atoms with Crippen molar-refractivity contribution in [1.82, 2.24) is 4.57 Å². The van der Waals surface area contributed by atoms with E-state index in [2.05, 4.69) is 6.07 Å². The third-order valence-corrected chi connectivity index (χ3v) is 3.76. The number of carbonyl (C=O) groups is 1. The molecular weight excluding hydrogens is 320 g/mol. The molecule has 3 rings (SSSR count). The highest BCUT2D eigenvalue weighted by atomic mass is 16.5. The molecule has 0 atom stereocenters. The molecule has 2 N–H and O–H groups in total. The van der Waals surface area contributed by atoms with Gasteiger partial charge in [-0.15, -0.1) is 0 Å². The third-order valence-electron chi connectivity index (χ3n) is 3.76. The van der Waals surface area contributed by atoms with Gasteiger partial charge in [-0.2, -0.15) is 5.26 Å². The Morgan fingerprint density at radius 1 is 1.24 bits per heavy atom. The van der Waals surface area contributed by atoms with Gasteiger partial charge in [0.15, 0.2) is 0 Å². The molecule has 0 aliphatic rings. The summed E-state index contributed by atoms with van der Waals surface area (Å²) in [5.74, 6) is -0.871. The van der Waals surface area contributed by atoms with Crippen LogP contribution in [0.4, 0.5) is 0 Å². The van der Waals surface area contributed by atoms with Crippen LogP contribution in [0.5, 0.6) is 11.5 Å². The van der Waals surface area contributed by atoms with Crippen molar-refractivity contribution in [2.24, 2.45) is 0 Å². The number of ether oxygens (including phenoxy) is 1. The van der Waals surface area contributed by atoms with Gasteiger partial charge in [-0.3, -0.25) is 0 Å². The number of aromatic nitrogens is 1. The van der Waals surface area contributed by atoms with Crippen molar-refractivity contribution in [2.75, 3.05) is 0 Å². The van der Waals surface area contributed by atoms with Crippen LogP contribution in [0.1, 0.15) is 29.8 Å². The van der Waals surface area contributed by atoms with Gasteiger partial charge in [-0.05, 0) is 38.1 Å². The summed E-state index contributed by atoms with van der Waals surface area (Å²) in [5, 5.41) is 29.1. The molecule has 2 aromatic carbocycles. The van der Waals surface area contributed by atoms with Crippen LogP contribution in [0.2, 0.25) is 0 Å². The van der Waals surface area contributed by atoms with Crippen molar-refractivity contribution < 1.29 is 19.7 Å². The van der Waals surface area contributed by atoms with Crippen molar-refractivity contribution in [1.29, 1.82) is 5.26 Å². The number of nitriles is 1. The number of aromatic hydroxyl groups is 1. The maximum Gasteiger partial charge on any atom is 0.339 e. The highest BCUT2D eigenvalue weighted by Gasteiger charge is 2.14. The first-order chi connectivity index (χ1) is 11.9. The van der Waals surface area contributed by atoms with E-state index in [-0.39, 0.29) is 17.4 Å². The molecule has 3 aromatic rings. The van der Waals surface area contributed by atoms with E-state index in [4.69, 9.17) is 9.84 Å². The van der Waals surface area contributed by atoms with E-state index in [9.17, 15) is 15.2 Å². The summed E-state index contributed by atoms with van der Waals surface area (Å²) in [4.78, 5) is 11.1. The minimum Gasteiger partial charge on any atom is -0.507 e. The van der Waals surface area contributed by atoms with Gasteiger partial charge in [0.2, 0.25) is 0 Å². The van der Waals surface area contributed by atoms with Crippen molar-refractivity contribution in [3.05, 3.63) is 53.7 Å². The predicted molar refractivity (Wildman–Crippen MR) is 92.4 cm³/mol. The third kappa shape index (κ3) is 3.00. The Morgan fingerprint density at radius 2 is 2.00 bits per heavy atom. The van der Waals surface area contributed by atoms with Gasteiger partial charge >= 0.3 is 5.97 Å². The number of fused-ring (bicyclic) bond motifs is 1. The standard InChI is InChI=1S/C19H16N2O4/c1-11(2)25-14-4-6-15-12(9-20)10-21(17(15)8-14)13-3-5-16(19(23)24)18(22)7-13/h3-8,10-11,22H,1-2H3,(H,23,24). The van der Waals surface area contributed by atoms with E-state index in [1.807, 2.05) is 26.0 Å². The van der Waals surface area contributed by atoms with Gasteiger partial charge in [0, 0.05) is 29.4 Å². The second-order valence-corrected chi connectivity index (χ2v) is 5.88. The van der Waals surface area contributed by atoms with Crippen LogP contribution in [0, 0.1) is 11.3 Å². The van der Waals surface area contributed by atoms with E-state index in [0.29, 0.717) is 17.0 Å². The summed E-state index contributed by atoms with van der Waals surface area (Å²) < 4.78 is 7.44. The van der Waals surface area contributed by atoms with Gasteiger partial charge < -0.3 is 19.5 Å². The first kappa shape index (κ1) is 16.4. The predicted octanol–water partition coefficient (Wildman–Crippen LogP) is 3.69. The van der Waals surface area contributed by atoms with Crippen LogP contribution < -0.4 is 4.74 Å². The average Bonchev–Trinajstić information content (AvgIpc) is 2.91. The van der Waals surface area contributed by atoms with E-state index in [1.54, 1.807) is 22.9 Å². The van der Waals surface area contributed by atoms with E-state index in [0.717, 1.165) is 10.9 Å². The lowest BCUT2D eigenvalue weighted by Crippen LogP contribution is -2.05. The summed E-state index contributed by atoms with van der Waals surface area (Å²) in [5.41, 5.74) is 1.59. The molecule has 0 unspecified atom stereocenters. The lowest BCUT2D eigenvalue weighted by Gasteiger charge is -2.11. The van der Waals surface area contributed by atoms with Crippen molar-refractivity contribution in [3.8, 4) is 23.3 Å². The average molecular weight is 336 g/mol. The number of nitrogens with zero attached hydrogens (tertiary/aromatic N) is 2. The van der Waals surface area contributed by atoms with Gasteiger partial charge in [0.1, 0.15) is 23.1 Å². The number of benzene rings is 2. The number of carboxylic acid groups (broad SMARTS) is 1. The largest absolute Gasteiger partial charge is 0.507 e. The summed E-state index contributed by atoms with van der Waals surface area (Å²) in [7, 11) is 0. The van der Waals surface area contributed by atoms with Crippen LogP contribution in [-0.2, 0) is 0 Å². The van der Waals surface area contributed by atoms with Crippen molar-refractivity contribution >= 4 is 16.9 Å². The SMILES string of the molecule is CC(C)Oc1ccc2c(C#N)cn(-c3ccc(C(=O)O)c(O)c3)c2c1. The molecule has 0 aliphatic carbocycles. The molecule has 0 amide bonds. The molecule has 6 heteroatoms. The zero-order chi connectivity index (χ0) is 18.1. The number of phenols is 1. The van der Waals surface area contributed by atoms with Crippen LogP contribution >= 0.6 is 0 Å². The molecular formula is C19H16N2O4. The normalized spacial score (nSPS) is 10.8. The Labute approximate surface area is 144 Å². The zero-order valence-electron chi connectivity index (χ0n) is 13.7. The molecule has 0 radical (unpaired) electrons. The molecule has 0 saturated heterocycles. The molecule has 25 heavy (non-hydrogen) atoms. The van der Waals surface area contributed by atoms with Crippen LogP contribution in [0.25, 0.3) is 16.6 Å². The maximum atomic E-state index is 11.1. The smallest absolute Gasteiger partial charge is 0.339 e. The van der Waals surface area contributed by atoms with Crippen molar-refractivity contribution in [3.63, 3.8) is 0 Å².